The van der Waals surface area contributed by atoms with Crippen LogP contribution in [0.3, 0.4) is 0 Å². The van der Waals surface area contributed by atoms with Crippen LogP contribution in [0.15, 0.2) is 78.7 Å². The molecule has 10 nitrogen and oxygen atoms in total. The fraction of sp³-hybridized carbons (Fsp3) is 0.459. The normalized spacial score (nSPS) is 30.6. The van der Waals surface area contributed by atoms with Crippen LogP contribution in [-0.4, -0.2) is 58.6 Å². The molecule has 47 heavy (non-hydrogen) atoms. The second-order valence-electron chi connectivity index (χ2n) is 13.1. The SMILES string of the molecule is CC(=O)O[C@H]1[C@H](C)/C=C/C(C)(C)C(=O)C[C@@H](OC(=O)c2cccnc2)/C(C)=C\[C@H]2[C@@H](OC(=O)c3ccccc3)[C@@H](C)C[C@@]21OC(C)=O. The highest BCUT2D eigenvalue weighted by Crippen LogP contribution is 2.51. The van der Waals surface area contributed by atoms with Crippen LogP contribution >= 0.6 is 0 Å². The number of Topliss-reactive ketones (excluding diaryl/α,β-unsaturated/α-hetero) is 1. The molecule has 0 bridgehead atoms. The third-order valence-electron chi connectivity index (χ3n) is 8.96. The van der Waals surface area contributed by atoms with E-state index in [0.717, 1.165) is 0 Å². The van der Waals surface area contributed by atoms with Gasteiger partial charge in [-0.3, -0.25) is 19.4 Å². The molecule has 2 aliphatic rings. The molecule has 0 N–H and O–H groups in total. The van der Waals surface area contributed by atoms with Crippen LogP contribution in [0.1, 0.15) is 82.0 Å². The molecule has 2 aliphatic carbocycles. The van der Waals surface area contributed by atoms with Crippen molar-refractivity contribution in [3.63, 3.8) is 0 Å². The Morgan fingerprint density at radius 2 is 1.53 bits per heavy atom. The Kier molecular flexibility index (Phi) is 10.8. The summed E-state index contributed by atoms with van der Waals surface area (Å²) in [6.07, 6.45) is 5.29. The van der Waals surface area contributed by atoms with Crippen molar-refractivity contribution in [1.29, 1.82) is 0 Å². The van der Waals surface area contributed by atoms with Crippen molar-refractivity contribution in [2.75, 3.05) is 0 Å². The minimum absolute atomic E-state index is 0.148. The first kappa shape index (κ1) is 35.3. The zero-order valence-electron chi connectivity index (χ0n) is 27.9. The maximum absolute atomic E-state index is 13.7. The van der Waals surface area contributed by atoms with Crippen LogP contribution in [0.4, 0.5) is 0 Å². The number of fused-ring (bicyclic) bond motifs is 1. The van der Waals surface area contributed by atoms with Gasteiger partial charge in [0.1, 0.15) is 24.1 Å². The number of aromatic nitrogens is 1. The molecule has 1 aromatic carbocycles. The summed E-state index contributed by atoms with van der Waals surface area (Å²) in [6, 6.07) is 11.7. The predicted octanol–water partition coefficient (Wildman–Crippen LogP) is 5.86. The fourth-order valence-electron chi connectivity index (χ4n) is 6.54. The number of benzene rings is 1. The van der Waals surface area contributed by atoms with E-state index in [4.69, 9.17) is 18.9 Å². The second-order valence-corrected chi connectivity index (χ2v) is 13.1. The highest BCUT2D eigenvalue weighted by molar-refractivity contribution is 5.91. The summed E-state index contributed by atoms with van der Waals surface area (Å²) in [5, 5.41) is 0. The van der Waals surface area contributed by atoms with Gasteiger partial charge < -0.3 is 18.9 Å². The highest BCUT2D eigenvalue weighted by atomic mass is 16.6. The minimum atomic E-state index is -1.49. The van der Waals surface area contributed by atoms with Crippen molar-refractivity contribution in [1.82, 2.24) is 4.98 Å². The topological polar surface area (TPSA) is 135 Å². The first-order valence-corrected chi connectivity index (χ1v) is 15.8. The first-order chi connectivity index (χ1) is 22.1. The number of rotatable bonds is 6. The van der Waals surface area contributed by atoms with Crippen molar-refractivity contribution < 1.29 is 42.9 Å². The van der Waals surface area contributed by atoms with Gasteiger partial charge in [-0.05, 0) is 62.9 Å². The van der Waals surface area contributed by atoms with E-state index in [0.29, 0.717) is 11.1 Å². The van der Waals surface area contributed by atoms with Crippen molar-refractivity contribution in [3.05, 3.63) is 89.8 Å². The molecule has 0 radical (unpaired) electrons. The highest BCUT2D eigenvalue weighted by Gasteiger charge is 2.62. The van der Waals surface area contributed by atoms with Crippen LogP contribution in [0, 0.1) is 23.2 Å². The molecule has 1 saturated carbocycles. The summed E-state index contributed by atoms with van der Waals surface area (Å²) in [4.78, 5) is 70.0. The molecule has 2 aromatic rings. The number of ketones is 1. The second kappa shape index (κ2) is 14.4. The minimum Gasteiger partial charge on any atom is -0.458 e. The van der Waals surface area contributed by atoms with E-state index < -0.39 is 65.0 Å². The molecule has 1 heterocycles. The molecule has 0 unspecified atom stereocenters. The lowest BCUT2D eigenvalue weighted by atomic mass is 9.75. The molecule has 0 aliphatic heterocycles. The van der Waals surface area contributed by atoms with E-state index in [1.54, 1.807) is 81.5 Å². The first-order valence-electron chi connectivity index (χ1n) is 15.8. The van der Waals surface area contributed by atoms with Gasteiger partial charge in [-0.1, -0.05) is 50.3 Å². The fourth-order valence-corrected chi connectivity index (χ4v) is 6.54. The number of esters is 4. The van der Waals surface area contributed by atoms with Crippen LogP contribution in [0.25, 0.3) is 0 Å². The molecule has 250 valence electrons. The predicted molar refractivity (Wildman–Crippen MR) is 172 cm³/mol. The quantitative estimate of drug-likeness (QED) is 0.214. The number of allylic oxidation sites excluding steroid dienone is 1. The molecule has 4 rings (SSSR count). The van der Waals surface area contributed by atoms with Crippen molar-refractivity contribution in [2.24, 2.45) is 23.2 Å². The Balaban J connectivity index is 1.92. The summed E-state index contributed by atoms with van der Waals surface area (Å²) < 4.78 is 24.3. The standard InChI is InChI=1S/C37H43NO9/c1-22-15-16-36(6,7)31(41)19-30(45-35(43)28-14-11-17-38-21-28)23(2)18-29-32(46-34(42)27-12-9-8-10-13-27)24(3)20-37(29,47-26(5)40)33(22)44-25(4)39/h8-18,21-22,24,29-30,32-33H,19-20H2,1-7H3/b16-15+,23-18-/t22-,24+,29+,30-,32+,33+,37-/m1/s1. The van der Waals surface area contributed by atoms with E-state index in [1.807, 2.05) is 13.8 Å². The zero-order valence-corrected chi connectivity index (χ0v) is 27.9. The van der Waals surface area contributed by atoms with Crippen LogP contribution in [0.5, 0.6) is 0 Å². The summed E-state index contributed by atoms with van der Waals surface area (Å²) in [5.41, 5.74) is -1.46. The molecule has 0 saturated heterocycles. The molecule has 0 amide bonds. The van der Waals surface area contributed by atoms with Crippen LogP contribution in [0.2, 0.25) is 0 Å². The maximum Gasteiger partial charge on any atom is 0.340 e. The van der Waals surface area contributed by atoms with Crippen molar-refractivity contribution in [2.45, 2.75) is 85.2 Å². The molecule has 0 spiro atoms. The van der Waals surface area contributed by atoms with Gasteiger partial charge in [0.05, 0.1) is 17.0 Å². The van der Waals surface area contributed by atoms with Gasteiger partial charge in [0.2, 0.25) is 0 Å². The number of carbonyl (C=O) groups excluding carboxylic acids is 5. The average molecular weight is 646 g/mol. The number of carbonyl (C=O) groups is 5. The lowest BCUT2D eigenvalue weighted by Crippen LogP contribution is -2.55. The summed E-state index contributed by atoms with van der Waals surface area (Å²) in [7, 11) is 0. The molecule has 7 atom stereocenters. The Morgan fingerprint density at radius 3 is 2.15 bits per heavy atom. The third-order valence-corrected chi connectivity index (χ3v) is 8.96. The van der Waals surface area contributed by atoms with Crippen LogP contribution in [-0.2, 0) is 33.3 Å². The van der Waals surface area contributed by atoms with E-state index in [9.17, 15) is 24.0 Å². The monoisotopic (exact) mass is 645 g/mol. The number of ether oxygens (including phenoxy) is 4. The van der Waals surface area contributed by atoms with Gasteiger partial charge in [0.15, 0.2) is 5.60 Å². The number of nitrogens with zero attached hydrogens (tertiary/aromatic N) is 1. The zero-order chi connectivity index (χ0) is 34.5. The Morgan fingerprint density at radius 1 is 0.872 bits per heavy atom. The van der Waals surface area contributed by atoms with Crippen molar-refractivity contribution >= 4 is 29.7 Å². The third kappa shape index (κ3) is 8.04. The van der Waals surface area contributed by atoms with Gasteiger partial charge in [0, 0.05) is 44.0 Å². The van der Waals surface area contributed by atoms with E-state index in [2.05, 4.69) is 4.98 Å². The number of pyridine rings is 1. The Bertz CT molecular complexity index is 1550. The number of hydrogen-bond acceptors (Lipinski definition) is 10. The Labute approximate surface area is 275 Å². The Hall–Kier alpha value is -4.60. The lowest BCUT2D eigenvalue weighted by Gasteiger charge is -2.43. The molecular weight excluding hydrogens is 602 g/mol. The van der Waals surface area contributed by atoms with Gasteiger partial charge in [-0.25, -0.2) is 9.59 Å². The maximum atomic E-state index is 13.7. The average Bonchev–Trinajstić information content (AvgIpc) is 3.27. The summed E-state index contributed by atoms with van der Waals surface area (Å²) in [6.45, 7) is 11.5. The molecule has 1 aromatic heterocycles. The van der Waals surface area contributed by atoms with Gasteiger partial charge in [-0.2, -0.15) is 0 Å². The largest absolute Gasteiger partial charge is 0.458 e. The van der Waals surface area contributed by atoms with E-state index in [-0.39, 0.29) is 30.1 Å². The molecular formula is C37H43NO9. The smallest absolute Gasteiger partial charge is 0.340 e. The van der Waals surface area contributed by atoms with Gasteiger partial charge in [0.25, 0.3) is 0 Å². The molecule has 1 fully saturated rings. The summed E-state index contributed by atoms with van der Waals surface area (Å²) in [5.74, 6) is -4.42. The van der Waals surface area contributed by atoms with E-state index >= 15 is 0 Å². The van der Waals surface area contributed by atoms with E-state index in [1.165, 1.54) is 26.2 Å². The lowest BCUT2D eigenvalue weighted by molar-refractivity contribution is -0.195. The van der Waals surface area contributed by atoms with Gasteiger partial charge >= 0.3 is 23.9 Å². The van der Waals surface area contributed by atoms with Gasteiger partial charge in [-0.15, -0.1) is 0 Å². The van der Waals surface area contributed by atoms with Crippen molar-refractivity contribution in [3.8, 4) is 0 Å². The number of hydrogen-bond donors (Lipinski definition) is 0. The molecule has 10 heteroatoms. The summed E-state index contributed by atoms with van der Waals surface area (Å²) >= 11 is 0. The van der Waals surface area contributed by atoms with Crippen LogP contribution < -0.4 is 0 Å².